The van der Waals surface area contributed by atoms with Crippen LogP contribution in [0, 0.1) is 0 Å². The molecule has 1 aliphatic heterocycles. The smallest absolute Gasteiger partial charge is 0.255 e. The zero-order valence-electron chi connectivity index (χ0n) is 27.6. The monoisotopic (exact) mass is 671 g/mol. The number of nitrogens with one attached hydrogen (secondary N) is 5. The summed E-state index contributed by atoms with van der Waals surface area (Å²) in [7, 11) is 0. The molecule has 5 rings (SSSR count). The van der Waals surface area contributed by atoms with Gasteiger partial charge in [0.05, 0.1) is 24.9 Å². The fraction of sp³-hybridized carbons (Fsp3) is 0.444. The first kappa shape index (κ1) is 35.1. The minimum absolute atomic E-state index is 0.201. The van der Waals surface area contributed by atoms with E-state index in [4.69, 9.17) is 4.74 Å². The predicted octanol–water partition coefficient (Wildman–Crippen LogP) is 2.02. The highest BCUT2D eigenvalue weighted by Gasteiger charge is 2.43. The summed E-state index contributed by atoms with van der Waals surface area (Å²) >= 11 is 0. The van der Waals surface area contributed by atoms with Crippen molar-refractivity contribution in [2.45, 2.75) is 82.0 Å². The topological polar surface area (TPSA) is 173 Å². The molecule has 5 N–H and O–H groups in total. The highest BCUT2D eigenvalue weighted by Crippen LogP contribution is 2.29. The van der Waals surface area contributed by atoms with Crippen LogP contribution in [0.4, 0.5) is 0 Å². The molecular weight excluding hydrogens is 626 g/mol. The number of hydrogen-bond acceptors (Lipinski definition) is 7. The molecule has 1 aliphatic carbocycles. The van der Waals surface area contributed by atoms with Crippen LogP contribution in [-0.2, 0) is 32.1 Å². The molecule has 2 heterocycles. The molecule has 2 aliphatic rings. The highest BCUT2D eigenvalue weighted by molar-refractivity contribution is 6.01. The van der Waals surface area contributed by atoms with E-state index >= 15 is 0 Å². The third-order valence-electron chi connectivity index (χ3n) is 8.90. The number of hydrogen-bond donors (Lipinski definition) is 5. The maximum Gasteiger partial charge on any atom is 0.255 e. The van der Waals surface area contributed by atoms with Crippen LogP contribution in [0.1, 0.15) is 67.3 Å². The zero-order chi connectivity index (χ0) is 34.5. The quantitative estimate of drug-likeness (QED) is 0.239. The standard InChI is InChI=1S/C36H45N7O6/c44-31-24-29(34(47)38-17-9-20-43-21-19-37-25-43)40-32(45)27-13-5-6-14-30(27)49-22-10-18-39-33(46)28(23-26-11-3-1-4-12-26)41-35(48)36(42-31)15-7-2-8-16-36/h1,3-6,11-14,19,21,25,28-29H,2,7-10,15-18,20,22-24H2,(H,38,47)(H,39,46)(H,40,45)(H,41,48)(H,42,44)/t28-,29-/m0/s1. The summed E-state index contributed by atoms with van der Waals surface area (Å²) in [6.45, 7) is 1.41. The van der Waals surface area contributed by atoms with Crippen LogP contribution in [-0.4, -0.2) is 76.4 Å². The molecule has 1 fully saturated rings. The van der Waals surface area contributed by atoms with Crippen molar-refractivity contribution in [3.05, 3.63) is 84.4 Å². The Bertz CT molecular complexity index is 1570. The Hall–Kier alpha value is -5.20. The van der Waals surface area contributed by atoms with Crippen molar-refractivity contribution in [1.29, 1.82) is 0 Å². The normalized spacial score (nSPS) is 20.7. The van der Waals surface area contributed by atoms with Crippen molar-refractivity contribution in [3.63, 3.8) is 0 Å². The molecule has 0 unspecified atom stereocenters. The lowest BCUT2D eigenvalue weighted by Gasteiger charge is -2.38. The van der Waals surface area contributed by atoms with Gasteiger partial charge in [-0.15, -0.1) is 0 Å². The average molecular weight is 672 g/mol. The van der Waals surface area contributed by atoms with Crippen LogP contribution in [0.5, 0.6) is 5.75 Å². The van der Waals surface area contributed by atoms with E-state index in [1.54, 1.807) is 36.8 Å². The van der Waals surface area contributed by atoms with Crippen molar-refractivity contribution in [1.82, 2.24) is 36.1 Å². The van der Waals surface area contributed by atoms with Gasteiger partial charge in [0.1, 0.15) is 23.4 Å². The number of carbonyl (C=O) groups is 5. The Morgan fingerprint density at radius 1 is 0.959 bits per heavy atom. The van der Waals surface area contributed by atoms with Crippen LogP contribution in [0.15, 0.2) is 73.3 Å². The third-order valence-corrected chi connectivity index (χ3v) is 8.90. The lowest BCUT2D eigenvalue weighted by atomic mass is 9.80. The number of ether oxygens (including phenoxy) is 1. The number of amides is 5. The molecule has 0 radical (unpaired) electrons. The van der Waals surface area contributed by atoms with Gasteiger partial charge in [0.2, 0.25) is 23.6 Å². The lowest BCUT2D eigenvalue weighted by Crippen LogP contribution is -2.63. The Kier molecular flexibility index (Phi) is 12.4. The van der Waals surface area contributed by atoms with E-state index < -0.39 is 47.7 Å². The minimum Gasteiger partial charge on any atom is -0.493 e. The number of carbonyl (C=O) groups excluding carboxylic acids is 5. The summed E-state index contributed by atoms with van der Waals surface area (Å²) in [5.74, 6) is -2.15. The van der Waals surface area contributed by atoms with E-state index in [0.717, 1.165) is 12.0 Å². The molecule has 13 nitrogen and oxygen atoms in total. The van der Waals surface area contributed by atoms with Crippen molar-refractivity contribution in [2.24, 2.45) is 0 Å². The third kappa shape index (κ3) is 9.91. The van der Waals surface area contributed by atoms with Gasteiger partial charge in [-0.05, 0) is 43.4 Å². The maximum absolute atomic E-state index is 14.1. The first-order chi connectivity index (χ1) is 23.8. The molecule has 13 heteroatoms. The first-order valence-electron chi connectivity index (χ1n) is 17.0. The Labute approximate surface area is 286 Å². The number of fused-ring (bicyclic) bond motifs is 1. The molecule has 1 saturated carbocycles. The fourth-order valence-electron chi connectivity index (χ4n) is 6.25. The molecule has 5 amide bonds. The van der Waals surface area contributed by atoms with Crippen molar-refractivity contribution >= 4 is 29.5 Å². The van der Waals surface area contributed by atoms with E-state index in [9.17, 15) is 24.0 Å². The Balaban J connectivity index is 1.39. The largest absolute Gasteiger partial charge is 0.493 e. The predicted molar refractivity (Wildman–Crippen MR) is 181 cm³/mol. The van der Waals surface area contributed by atoms with Crippen LogP contribution >= 0.6 is 0 Å². The molecular formula is C36H45N7O6. The lowest BCUT2D eigenvalue weighted by molar-refractivity contribution is -0.138. The van der Waals surface area contributed by atoms with Gasteiger partial charge >= 0.3 is 0 Å². The molecule has 260 valence electrons. The Morgan fingerprint density at radius 2 is 1.73 bits per heavy atom. The summed E-state index contributed by atoms with van der Waals surface area (Å²) in [5.41, 5.74) is -0.190. The van der Waals surface area contributed by atoms with Crippen molar-refractivity contribution < 1.29 is 28.7 Å². The van der Waals surface area contributed by atoms with Gasteiger partial charge in [0.25, 0.3) is 5.91 Å². The summed E-state index contributed by atoms with van der Waals surface area (Å²) in [5, 5.41) is 14.4. The van der Waals surface area contributed by atoms with Crippen LogP contribution in [0.3, 0.4) is 0 Å². The number of nitrogens with zero attached hydrogens (tertiary/aromatic N) is 2. The van der Waals surface area contributed by atoms with Crippen LogP contribution in [0.2, 0.25) is 0 Å². The molecule has 3 aromatic rings. The maximum atomic E-state index is 14.1. The summed E-state index contributed by atoms with van der Waals surface area (Å²) in [4.78, 5) is 72.4. The highest BCUT2D eigenvalue weighted by atomic mass is 16.5. The SMILES string of the molecule is O=C1C[C@@H](C(=O)NCCCn2ccnc2)NC(=O)c2ccccc2OCCCNC(=O)[C@H](Cc2ccccc2)NC(=O)C2(CCCCC2)N1. The summed E-state index contributed by atoms with van der Waals surface area (Å²) in [6, 6.07) is 14.0. The summed E-state index contributed by atoms with van der Waals surface area (Å²) in [6.07, 6.45) is 9.18. The molecule has 0 bridgehead atoms. The number of aryl methyl sites for hydroxylation is 1. The van der Waals surface area contributed by atoms with Crippen LogP contribution < -0.4 is 31.3 Å². The van der Waals surface area contributed by atoms with Crippen LogP contribution in [0.25, 0.3) is 0 Å². The molecule has 2 atom stereocenters. The van der Waals surface area contributed by atoms with E-state index in [0.29, 0.717) is 57.4 Å². The molecule has 1 spiro atoms. The van der Waals surface area contributed by atoms with Gasteiger partial charge in [-0.1, -0.05) is 61.7 Å². The second kappa shape index (κ2) is 17.3. The summed E-state index contributed by atoms with van der Waals surface area (Å²) < 4.78 is 7.80. The van der Waals surface area contributed by atoms with Gasteiger partial charge in [0.15, 0.2) is 0 Å². The van der Waals surface area contributed by atoms with E-state index in [2.05, 4.69) is 31.6 Å². The first-order valence-corrected chi connectivity index (χ1v) is 17.0. The number of benzene rings is 2. The van der Waals surface area contributed by atoms with Gasteiger partial charge in [-0.2, -0.15) is 0 Å². The van der Waals surface area contributed by atoms with E-state index in [1.807, 2.05) is 41.1 Å². The minimum atomic E-state index is -1.27. The zero-order valence-corrected chi connectivity index (χ0v) is 27.6. The fourth-order valence-corrected chi connectivity index (χ4v) is 6.25. The number of imidazole rings is 1. The number of aromatic nitrogens is 2. The number of rotatable bonds is 7. The van der Waals surface area contributed by atoms with Gasteiger partial charge in [-0.3, -0.25) is 24.0 Å². The average Bonchev–Trinajstić information content (AvgIpc) is 3.63. The van der Waals surface area contributed by atoms with Gasteiger partial charge in [0, 0.05) is 38.4 Å². The van der Waals surface area contributed by atoms with E-state index in [1.165, 1.54) is 0 Å². The van der Waals surface area contributed by atoms with E-state index in [-0.39, 0.29) is 31.0 Å². The van der Waals surface area contributed by atoms with Gasteiger partial charge in [-0.25, -0.2) is 4.98 Å². The van der Waals surface area contributed by atoms with Crippen molar-refractivity contribution in [2.75, 3.05) is 19.7 Å². The van der Waals surface area contributed by atoms with Crippen molar-refractivity contribution in [3.8, 4) is 5.75 Å². The molecule has 0 saturated heterocycles. The second-order valence-electron chi connectivity index (χ2n) is 12.6. The number of para-hydroxylation sites is 1. The molecule has 1 aromatic heterocycles. The molecule has 2 aromatic carbocycles. The molecule has 49 heavy (non-hydrogen) atoms. The Morgan fingerprint density at radius 3 is 2.51 bits per heavy atom. The second-order valence-corrected chi connectivity index (χ2v) is 12.6. The van der Waals surface area contributed by atoms with Gasteiger partial charge < -0.3 is 35.9 Å².